The van der Waals surface area contributed by atoms with Crippen molar-refractivity contribution in [3.05, 3.63) is 93.7 Å². The Morgan fingerprint density at radius 2 is 1.88 bits per heavy atom. The number of halogens is 2. The molecule has 2 fully saturated rings. The summed E-state index contributed by atoms with van der Waals surface area (Å²) in [6, 6.07) is 10.6. The second-order valence-corrected chi connectivity index (χ2v) is 10.9. The van der Waals surface area contributed by atoms with Gasteiger partial charge in [0.15, 0.2) is 17.1 Å². The SMILES string of the molecule is COc1cc(CN(Cc2cn(C3CC3)c3cc(F)c(F)cc3c2=O)[C@H]2CCCN(c3ccc(C)nc3)C2)ccn1. The molecule has 0 unspecified atom stereocenters. The third kappa shape index (κ3) is 5.43. The topological polar surface area (TPSA) is 63.5 Å². The van der Waals surface area contributed by atoms with Crippen LogP contribution in [0, 0.1) is 18.6 Å². The van der Waals surface area contributed by atoms with Gasteiger partial charge >= 0.3 is 0 Å². The first-order valence-corrected chi connectivity index (χ1v) is 13.8. The van der Waals surface area contributed by atoms with Gasteiger partial charge in [-0.3, -0.25) is 14.7 Å². The Kier molecular flexibility index (Phi) is 7.23. The summed E-state index contributed by atoms with van der Waals surface area (Å²) in [6.07, 6.45) is 9.40. The molecule has 1 aromatic carbocycles. The molecule has 9 heteroatoms. The summed E-state index contributed by atoms with van der Waals surface area (Å²) in [5, 5.41) is 0.227. The lowest BCUT2D eigenvalue weighted by molar-refractivity contribution is 0.158. The number of nitrogens with zero attached hydrogens (tertiary/aromatic N) is 5. The van der Waals surface area contributed by atoms with Crippen molar-refractivity contribution in [2.45, 2.75) is 57.8 Å². The number of pyridine rings is 3. The normalized spacial score (nSPS) is 17.5. The summed E-state index contributed by atoms with van der Waals surface area (Å²) in [7, 11) is 1.59. The van der Waals surface area contributed by atoms with E-state index in [1.165, 1.54) is 0 Å². The molecular weight excluding hydrogens is 512 g/mol. The van der Waals surface area contributed by atoms with E-state index in [4.69, 9.17) is 4.74 Å². The van der Waals surface area contributed by atoms with E-state index in [-0.39, 0.29) is 22.9 Å². The number of hydrogen-bond donors (Lipinski definition) is 0. The predicted octanol–water partition coefficient (Wildman–Crippen LogP) is 5.39. The van der Waals surface area contributed by atoms with Gasteiger partial charge in [0.2, 0.25) is 5.88 Å². The summed E-state index contributed by atoms with van der Waals surface area (Å²) >= 11 is 0. The number of ether oxygens (including phenoxy) is 1. The van der Waals surface area contributed by atoms with Crippen LogP contribution in [0.15, 0.2) is 59.8 Å². The zero-order valence-corrected chi connectivity index (χ0v) is 22.8. The Hall–Kier alpha value is -3.85. The van der Waals surface area contributed by atoms with Gasteiger partial charge in [-0.2, -0.15) is 0 Å². The summed E-state index contributed by atoms with van der Waals surface area (Å²) in [4.78, 5) is 27.1. The van der Waals surface area contributed by atoms with Gasteiger partial charge in [0.1, 0.15) is 0 Å². The average molecular weight is 546 g/mol. The Morgan fingerprint density at radius 1 is 1.05 bits per heavy atom. The molecule has 7 nitrogen and oxygen atoms in total. The molecular formula is C31H33F2N5O2. The van der Waals surface area contributed by atoms with Gasteiger partial charge in [0.05, 0.1) is 24.5 Å². The van der Waals surface area contributed by atoms with E-state index < -0.39 is 11.6 Å². The minimum atomic E-state index is -1.00. The number of aromatic nitrogens is 3. The van der Waals surface area contributed by atoms with Gasteiger partial charge in [0.25, 0.3) is 0 Å². The summed E-state index contributed by atoms with van der Waals surface area (Å²) in [6.45, 7) is 4.68. The zero-order valence-electron chi connectivity index (χ0n) is 22.8. The van der Waals surface area contributed by atoms with Crippen molar-refractivity contribution in [1.29, 1.82) is 0 Å². The molecule has 1 aliphatic carbocycles. The van der Waals surface area contributed by atoms with Crippen molar-refractivity contribution < 1.29 is 13.5 Å². The Balaban J connectivity index is 1.37. The van der Waals surface area contributed by atoms with Crippen LogP contribution in [-0.2, 0) is 13.1 Å². The summed E-state index contributed by atoms with van der Waals surface area (Å²) in [5.74, 6) is -1.40. The van der Waals surface area contributed by atoms with E-state index >= 15 is 0 Å². The first-order chi connectivity index (χ1) is 19.4. The van der Waals surface area contributed by atoms with Gasteiger partial charge in [-0.1, -0.05) is 0 Å². The van der Waals surface area contributed by atoms with Crippen LogP contribution in [0.4, 0.5) is 14.5 Å². The molecule has 0 spiro atoms. The van der Waals surface area contributed by atoms with Crippen molar-refractivity contribution in [1.82, 2.24) is 19.4 Å². The fourth-order valence-electron chi connectivity index (χ4n) is 5.73. The molecule has 4 aromatic rings. The standard InChI is InChI=1S/C31H33F2N5O2/c1-20-5-6-24(15-35-20)36-11-3-4-25(19-36)37(16-21-9-10-34-30(12-21)40-2)17-22-18-38(23-7-8-23)29-14-28(33)27(32)13-26(29)31(22)39/h5-6,9-10,12-15,18,23,25H,3-4,7-8,11,16-17,19H2,1-2H3/t25-/m0/s1. The first-order valence-electron chi connectivity index (χ1n) is 13.8. The maximum Gasteiger partial charge on any atom is 0.213 e. The Bertz CT molecular complexity index is 1590. The number of fused-ring (bicyclic) bond motifs is 1. The summed E-state index contributed by atoms with van der Waals surface area (Å²) < 4.78 is 35.8. The molecule has 0 bridgehead atoms. The number of hydrogen-bond acceptors (Lipinski definition) is 6. The molecule has 1 atom stereocenters. The highest BCUT2D eigenvalue weighted by Gasteiger charge is 2.29. The molecule has 208 valence electrons. The van der Waals surface area contributed by atoms with Gasteiger partial charge in [0, 0.05) is 79.4 Å². The maximum absolute atomic E-state index is 14.3. The lowest BCUT2D eigenvalue weighted by Gasteiger charge is -2.40. The van der Waals surface area contributed by atoms with E-state index in [1.807, 2.05) is 42.1 Å². The van der Waals surface area contributed by atoms with Crippen molar-refractivity contribution >= 4 is 16.6 Å². The largest absolute Gasteiger partial charge is 0.481 e. The van der Waals surface area contributed by atoms with E-state index in [0.29, 0.717) is 30.0 Å². The third-order valence-corrected chi connectivity index (χ3v) is 8.03. The van der Waals surface area contributed by atoms with E-state index in [1.54, 1.807) is 13.3 Å². The quantitative estimate of drug-likeness (QED) is 0.296. The van der Waals surface area contributed by atoms with Crippen molar-refractivity contribution in [2.75, 3.05) is 25.1 Å². The second-order valence-electron chi connectivity index (χ2n) is 10.9. The highest BCUT2D eigenvalue weighted by atomic mass is 19.2. The van der Waals surface area contributed by atoms with Gasteiger partial charge < -0.3 is 14.2 Å². The molecule has 1 saturated carbocycles. The van der Waals surface area contributed by atoms with Gasteiger partial charge in [-0.05, 0) is 62.4 Å². The van der Waals surface area contributed by atoms with Crippen molar-refractivity contribution in [2.24, 2.45) is 0 Å². The third-order valence-electron chi connectivity index (χ3n) is 8.03. The molecule has 2 aliphatic rings. The fourth-order valence-corrected chi connectivity index (χ4v) is 5.73. The fraction of sp³-hybridized carbons (Fsp3) is 0.387. The molecule has 6 rings (SSSR count). The van der Waals surface area contributed by atoms with Crippen LogP contribution >= 0.6 is 0 Å². The average Bonchev–Trinajstić information content (AvgIpc) is 3.81. The van der Waals surface area contributed by atoms with Crippen LogP contribution in [0.3, 0.4) is 0 Å². The van der Waals surface area contributed by atoms with Crippen LogP contribution in [-0.4, -0.2) is 45.7 Å². The maximum atomic E-state index is 14.3. The number of methoxy groups -OCH3 is 1. The lowest BCUT2D eigenvalue weighted by atomic mass is 10.0. The minimum absolute atomic E-state index is 0.156. The first kappa shape index (κ1) is 26.4. The highest BCUT2D eigenvalue weighted by molar-refractivity contribution is 5.80. The van der Waals surface area contributed by atoms with E-state index in [0.717, 1.165) is 67.9 Å². The molecule has 0 amide bonds. The van der Waals surface area contributed by atoms with Gasteiger partial charge in [-0.15, -0.1) is 0 Å². The van der Waals surface area contributed by atoms with Crippen LogP contribution in [0.1, 0.15) is 48.5 Å². The monoisotopic (exact) mass is 545 g/mol. The summed E-state index contributed by atoms with van der Waals surface area (Å²) in [5.41, 5.74) is 3.87. The molecule has 40 heavy (non-hydrogen) atoms. The molecule has 3 aromatic heterocycles. The number of anilines is 1. The number of piperidine rings is 1. The molecule has 0 N–H and O–H groups in total. The van der Waals surface area contributed by atoms with Gasteiger partial charge in [-0.25, -0.2) is 13.8 Å². The molecule has 1 saturated heterocycles. The van der Waals surface area contributed by atoms with E-state index in [9.17, 15) is 13.6 Å². The van der Waals surface area contributed by atoms with E-state index in [2.05, 4.69) is 25.8 Å². The molecule has 1 aliphatic heterocycles. The number of benzene rings is 1. The van der Waals surface area contributed by atoms with Crippen LogP contribution in [0.25, 0.3) is 10.9 Å². The number of aryl methyl sites for hydroxylation is 1. The lowest BCUT2D eigenvalue weighted by Crippen LogP contribution is -2.48. The zero-order chi connectivity index (χ0) is 27.8. The van der Waals surface area contributed by atoms with Crippen LogP contribution < -0.4 is 15.1 Å². The Morgan fingerprint density at radius 3 is 2.62 bits per heavy atom. The minimum Gasteiger partial charge on any atom is -0.481 e. The van der Waals surface area contributed by atoms with Crippen molar-refractivity contribution in [3.63, 3.8) is 0 Å². The predicted molar refractivity (Wildman–Crippen MR) is 151 cm³/mol. The molecule has 0 radical (unpaired) electrons. The molecule has 4 heterocycles. The highest BCUT2D eigenvalue weighted by Crippen LogP contribution is 2.37. The van der Waals surface area contributed by atoms with Crippen LogP contribution in [0.2, 0.25) is 0 Å². The second kappa shape index (κ2) is 11.0. The van der Waals surface area contributed by atoms with Crippen LogP contribution in [0.5, 0.6) is 5.88 Å². The number of rotatable bonds is 8. The van der Waals surface area contributed by atoms with Crippen molar-refractivity contribution in [3.8, 4) is 5.88 Å². The smallest absolute Gasteiger partial charge is 0.213 e. The Labute approximate surface area is 232 Å².